The number of amides is 2. The van der Waals surface area contributed by atoms with Crippen molar-refractivity contribution in [1.82, 2.24) is 15.2 Å². The number of aromatic amines is 1. The van der Waals surface area contributed by atoms with Gasteiger partial charge in [-0.2, -0.15) is 0 Å². The van der Waals surface area contributed by atoms with E-state index in [1.54, 1.807) is 18.2 Å². The number of hydrogen-bond donors (Lipinski definition) is 3. The van der Waals surface area contributed by atoms with Gasteiger partial charge in [0.05, 0.1) is 12.2 Å². The van der Waals surface area contributed by atoms with Crippen molar-refractivity contribution in [3.05, 3.63) is 75.7 Å². The van der Waals surface area contributed by atoms with Gasteiger partial charge in [0.25, 0.3) is 11.5 Å². The Morgan fingerprint density at radius 3 is 2.11 bits per heavy atom. The van der Waals surface area contributed by atoms with Gasteiger partial charge in [0.1, 0.15) is 5.69 Å². The van der Waals surface area contributed by atoms with Gasteiger partial charge in [-0.1, -0.05) is 48.2 Å². The minimum absolute atomic E-state index is 0.000698. The van der Waals surface area contributed by atoms with Crippen LogP contribution in [0.5, 0.6) is 0 Å². The highest BCUT2D eigenvalue weighted by Crippen LogP contribution is 2.15. The van der Waals surface area contributed by atoms with Crippen molar-refractivity contribution >= 4 is 40.9 Å². The average molecular weight is 496 g/mol. The first-order chi connectivity index (χ1) is 16.8. The maximum absolute atomic E-state index is 12.2. The van der Waals surface area contributed by atoms with E-state index in [1.165, 1.54) is 0 Å². The van der Waals surface area contributed by atoms with Crippen LogP contribution in [-0.2, 0) is 25.5 Å². The molecule has 2 aromatic carbocycles. The standard InChI is InChI=1S/C24H25N5O5S/c1-15-7-3-5-9-17(15)25-20(30)13-34-22(32)12-11-19-23(33)27-24(29-28-19)35-14-21(31)26-18-10-6-4-8-16(18)2/h3-10H,11-14H2,1-2H3,(H,25,30)(H,26,31)(H,27,29,33). The van der Waals surface area contributed by atoms with Crippen molar-refractivity contribution in [3.63, 3.8) is 0 Å². The molecule has 3 rings (SSSR count). The largest absolute Gasteiger partial charge is 0.456 e. The van der Waals surface area contributed by atoms with E-state index in [1.807, 2.05) is 44.2 Å². The monoisotopic (exact) mass is 495 g/mol. The Bertz CT molecular complexity index is 1280. The zero-order valence-electron chi connectivity index (χ0n) is 19.3. The zero-order chi connectivity index (χ0) is 25.2. The van der Waals surface area contributed by atoms with Crippen LogP contribution in [0.4, 0.5) is 11.4 Å². The lowest BCUT2D eigenvalue weighted by atomic mass is 10.2. The molecular weight excluding hydrogens is 470 g/mol. The Balaban J connectivity index is 1.41. The van der Waals surface area contributed by atoms with Crippen molar-refractivity contribution in [3.8, 4) is 0 Å². The molecule has 35 heavy (non-hydrogen) atoms. The molecule has 2 amide bonds. The summed E-state index contributed by atoms with van der Waals surface area (Å²) in [4.78, 5) is 50.9. The topological polar surface area (TPSA) is 143 Å². The molecule has 0 saturated carbocycles. The van der Waals surface area contributed by atoms with Gasteiger partial charge in [-0.3, -0.25) is 24.2 Å². The fourth-order valence-corrected chi connectivity index (χ4v) is 3.55. The van der Waals surface area contributed by atoms with Gasteiger partial charge >= 0.3 is 5.97 Å². The number of thioether (sulfide) groups is 1. The molecule has 3 aromatic rings. The summed E-state index contributed by atoms with van der Waals surface area (Å²) in [6.07, 6.45) is -0.139. The smallest absolute Gasteiger partial charge is 0.306 e. The van der Waals surface area contributed by atoms with E-state index in [9.17, 15) is 19.2 Å². The number of benzene rings is 2. The first-order valence-electron chi connectivity index (χ1n) is 10.8. The van der Waals surface area contributed by atoms with Gasteiger partial charge in [0.15, 0.2) is 11.8 Å². The van der Waals surface area contributed by atoms with Gasteiger partial charge in [-0.25, -0.2) is 0 Å². The van der Waals surface area contributed by atoms with Crippen LogP contribution in [0.3, 0.4) is 0 Å². The molecule has 0 spiro atoms. The highest BCUT2D eigenvalue weighted by atomic mass is 32.2. The Hall–Kier alpha value is -3.99. The number of aromatic nitrogens is 3. The fourth-order valence-electron chi connectivity index (χ4n) is 2.95. The number of rotatable bonds is 10. The Morgan fingerprint density at radius 1 is 0.914 bits per heavy atom. The zero-order valence-corrected chi connectivity index (χ0v) is 20.1. The first-order valence-corrected chi connectivity index (χ1v) is 11.8. The van der Waals surface area contributed by atoms with Crippen molar-refractivity contribution in [2.75, 3.05) is 23.0 Å². The number of carbonyl (C=O) groups excluding carboxylic acids is 3. The van der Waals surface area contributed by atoms with E-state index in [0.29, 0.717) is 11.4 Å². The third-order valence-corrected chi connectivity index (χ3v) is 5.72. The predicted molar refractivity (Wildman–Crippen MR) is 132 cm³/mol. The van der Waals surface area contributed by atoms with Crippen molar-refractivity contribution in [1.29, 1.82) is 0 Å². The molecule has 0 fully saturated rings. The summed E-state index contributed by atoms with van der Waals surface area (Å²) in [6.45, 7) is 3.31. The molecule has 1 aromatic heterocycles. The van der Waals surface area contributed by atoms with Crippen LogP contribution >= 0.6 is 11.8 Å². The quantitative estimate of drug-likeness (QED) is 0.288. The third-order valence-electron chi connectivity index (χ3n) is 4.85. The van der Waals surface area contributed by atoms with E-state index in [-0.39, 0.29) is 35.4 Å². The molecule has 1 heterocycles. The fraction of sp³-hybridized carbons (Fsp3) is 0.250. The Kier molecular flexibility index (Phi) is 9.13. The lowest BCUT2D eigenvalue weighted by Gasteiger charge is -2.08. The summed E-state index contributed by atoms with van der Waals surface area (Å²) >= 11 is 1.04. The second-order valence-electron chi connectivity index (χ2n) is 7.58. The highest BCUT2D eigenvalue weighted by molar-refractivity contribution is 7.99. The Morgan fingerprint density at radius 2 is 1.51 bits per heavy atom. The predicted octanol–water partition coefficient (Wildman–Crippen LogP) is 2.63. The third kappa shape index (κ3) is 8.07. The molecule has 0 atom stereocenters. The lowest BCUT2D eigenvalue weighted by Crippen LogP contribution is -2.23. The number of anilines is 2. The van der Waals surface area contributed by atoms with Gasteiger partial charge in [-0.15, -0.1) is 10.2 Å². The van der Waals surface area contributed by atoms with Crippen molar-refractivity contribution in [2.45, 2.75) is 31.8 Å². The van der Waals surface area contributed by atoms with E-state index < -0.39 is 24.0 Å². The van der Waals surface area contributed by atoms with E-state index in [0.717, 1.165) is 22.9 Å². The van der Waals surface area contributed by atoms with E-state index in [4.69, 9.17) is 4.74 Å². The van der Waals surface area contributed by atoms with Crippen molar-refractivity contribution < 1.29 is 19.1 Å². The number of H-pyrrole nitrogens is 1. The summed E-state index contributed by atoms with van der Waals surface area (Å²) in [5.74, 6) is -1.31. The highest BCUT2D eigenvalue weighted by Gasteiger charge is 2.13. The van der Waals surface area contributed by atoms with Crippen LogP contribution in [0.25, 0.3) is 0 Å². The molecule has 0 radical (unpaired) electrons. The van der Waals surface area contributed by atoms with Gasteiger partial charge in [0.2, 0.25) is 5.91 Å². The number of carbonyl (C=O) groups is 3. The molecule has 0 unspecified atom stereocenters. The SMILES string of the molecule is Cc1ccccc1NC(=O)COC(=O)CCc1nnc(SCC(=O)Nc2ccccc2C)[nH]c1=O. The molecule has 10 nitrogen and oxygen atoms in total. The van der Waals surface area contributed by atoms with Crippen LogP contribution in [-0.4, -0.2) is 45.3 Å². The molecule has 0 aliphatic heterocycles. The molecule has 182 valence electrons. The number of nitrogens with one attached hydrogen (secondary N) is 3. The second kappa shape index (κ2) is 12.5. The van der Waals surface area contributed by atoms with E-state index in [2.05, 4.69) is 25.8 Å². The number of ether oxygens (including phenoxy) is 1. The van der Waals surface area contributed by atoms with Gasteiger partial charge < -0.3 is 15.4 Å². The van der Waals surface area contributed by atoms with Crippen LogP contribution in [0.15, 0.2) is 58.5 Å². The number of hydrogen-bond acceptors (Lipinski definition) is 8. The summed E-state index contributed by atoms with van der Waals surface area (Å²) < 4.78 is 4.96. The molecule has 0 saturated heterocycles. The molecule has 0 bridgehead atoms. The molecule has 3 N–H and O–H groups in total. The number of nitrogens with zero attached hydrogens (tertiary/aromatic N) is 2. The molecule has 11 heteroatoms. The number of esters is 1. The molecule has 0 aliphatic rings. The summed E-state index contributed by atoms with van der Waals surface area (Å²) in [5.41, 5.74) is 2.73. The Labute approximate surface area is 205 Å². The second-order valence-corrected chi connectivity index (χ2v) is 8.55. The maximum atomic E-state index is 12.2. The summed E-state index contributed by atoms with van der Waals surface area (Å²) in [6, 6.07) is 14.6. The van der Waals surface area contributed by atoms with Gasteiger partial charge in [0, 0.05) is 17.8 Å². The number of aryl methyl sites for hydroxylation is 3. The maximum Gasteiger partial charge on any atom is 0.306 e. The summed E-state index contributed by atoms with van der Waals surface area (Å²) in [7, 11) is 0. The summed E-state index contributed by atoms with van der Waals surface area (Å²) in [5, 5.41) is 13.4. The molecular formula is C24H25N5O5S. The first kappa shape index (κ1) is 25.6. The minimum Gasteiger partial charge on any atom is -0.456 e. The molecule has 0 aliphatic carbocycles. The number of para-hydroxylation sites is 2. The van der Waals surface area contributed by atoms with E-state index >= 15 is 0 Å². The van der Waals surface area contributed by atoms with Crippen molar-refractivity contribution in [2.24, 2.45) is 0 Å². The van der Waals surface area contributed by atoms with Crippen LogP contribution < -0.4 is 16.2 Å². The van der Waals surface area contributed by atoms with Crippen LogP contribution in [0.1, 0.15) is 23.2 Å². The van der Waals surface area contributed by atoms with Gasteiger partial charge in [-0.05, 0) is 37.1 Å². The lowest BCUT2D eigenvalue weighted by molar-refractivity contribution is -0.147. The average Bonchev–Trinajstić information content (AvgIpc) is 2.84. The van der Waals surface area contributed by atoms with Crippen LogP contribution in [0, 0.1) is 13.8 Å². The van der Waals surface area contributed by atoms with Crippen LogP contribution in [0.2, 0.25) is 0 Å². The normalized spacial score (nSPS) is 10.5. The minimum atomic E-state index is -0.641.